The molecule has 1 aromatic carbocycles. The quantitative estimate of drug-likeness (QED) is 0.775. The molecule has 0 atom stereocenters. The summed E-state index contributed by atoms with van der Waals surface area (Å²) in [5.74, 6) is 0.820. The van der Waals surface area contributed by atoms with Gasteiger partial charge in [0.25, 0.3) is 0 Å². The van der Waals surface area contributed by atoms with Crippen LogP contribution in [0.2, 0.25) is 0 Å². The van der Waals surface area contributed by atoms with Gasteiger partial charge in [0.05, 0.1) is 6.54 Å². The topological polar surface area (TPSA) is 64.1 Å². The van der Waals surface area contributed by atoms with Gasteiger partial charge in [0.1, 0.15) is 11.5 Å². The van der Waals surface area contributed by atoms with E-state index in [0.717, 1.165) is 28.4 Å². The maximum Gasteiger partial charge on any atom is 0.133 e. The summed E-state index contributed by atoms with van der Waals surface area (Å²) in [7, 11) is 0. The van der Waals surface area contributed by atoms with E-state index < -0.39 is 0 Å². The first-order valence-corrected chi connectivity index (χ1v) is 5.18. The predicted molar refractivity (Wildman–Crippen MR) is 64.2 cm³/mol. The van der Waals surface area contributed by atoms with Gasteiger partial charge in [-0.05, 0) is 31.5 Å². The fourth-order valence-corrected chi connectivity index (χ4v) is 1.53. The summed E-state index contributed by atoms with van der Waals surface area (Å²) < 4.78 is 4.99. The van der Waals surface area contributed by atoms with Crippen LogP contribution >= 0.6 is 0 Å². The van der Waals surface area contributed by atoms with Crippen molar-refractivity contribution >= 4 is 11.4 Å². The highest BCUT2D eigenvalue weighted by atomic mass is 16.5. The smallest absolute Gasteiger partial charge is 0.133 e. The number of nitrogens with two attached hydrogens (primary N) is 1. The van der Waals surface area contributed by atoms with Crippen LogP contribution in [0, 0.1) is 13.8 Å². The number of aromatic nitrogens is 1. The fraction of sp³-hybridized carbons (Fsp3) is 0.250. The van der Waals surface area contributed by atoms with Crippen LogP contribution in [0.25, 0.3) is 0 Å². The lowest BCUT2D eigenvalue weighted by Crippen LogP contribution is -2.02. The van der Waals surface area contributed by atoms with Crippen LogP contribution in [0.1, 0.15) is 17.0 Å². The average Bonchev–Trinajstić information content (AvgIpc) is 2.67. The van der Waals surface area contributed by atoms with Crippen molar-refractivity contribution in [1.29, 1.82) is 0 Å². The lowest BCUT2D eigenvalue weighted by molar-refractivity contribution is 0.391. The van der Waals surface area contributed by atoms with Gasteiger partial charge in [-0.3, -0.25) is 0 Å². The molecule has 1 aromatic heterocycles. The SMILES string of the molecule is Cc1cc(CNc2cccc(N)c2C)no1. The van der Waals surface area contributed by atoms with Crippen LogP contribution in [0.5, 0.6) is 0 Å². The van der Waals surface area contributed by atoms with E-state index in [0.29, 0.717) is 6.54 Å². The van der Waals surface area contributed by atoms with Crippen LogP contribution in [0.4, 0.5) is 11.4 Å². The van der Waals surface area contributed by atoms with Gasteiger partial charge >= 0.3 is 0 Å². The molecule has 0 aliphatic heterocycles. The molecule has 2 aromatic rings. The first kappa shape index (κ1) is 10.5. The molecule has 0 saturated heterocycles. The zero-order valence-electron chi connectivity index (χ0n) is 9.45. The molecule has 2 rings (SSSR count). The number of aryl methyl sites for hydroxylation is 1. The Labute approximate surface area is 94.4 Å². The molecular formula is C12H15N3O. The van der Waals surface area contributed by atoms with Crippen LogP contribution in [0.3, 0.4) is 0 Å². The van der Waals surface area contributed by atoms with Crippen molar-refractivity contribution in [2.45, 2.75) is 20.4 Å². The standard InChI is InChI=1S/C12H15N3O/c1-8-6-10(15-16-8)7-14-12-5-3-4-11(13)9(12)2/h3-6,14H,7,13H2,1-2H3. The zero-order valence-corrected chi connectivity index (χ0v) is 9.45. The number of nitrogens with one attached hydrogen (secondary N) is 1. The number of hydrogen-bond donors (Lipinski definition) is 2. The van der Waals surface area contributed by atoms with E-state index in [2.05, 4.69) is 10.5 Å². The van der Waals surface area contributed by atoms with Crippen molar-refractivity contribution in [2.75, 3.05) is 11.1 Å². The number of rotatable bonds is 3. The molecule has 0 fully saturated rings. The Hall–Kier alpha value is -1.97. The molecule has 4 heteroatoms. The summed E-state index contributed by atoms with van der Waals surface area (Å²) in [6.07, 6.45) is 0. The summed E-state index contributed by atoms with van der Waals surface area (Å²) in [6, 6.07) is 7.73. The van der Waals surface area contributed by atoms with Gasteiger partial charge in [0, 0.05) is 17.4 Å². The van der Waals surface area contributed by atoms with Crippen LogP contribution in [-0.4, -0.2) is 5.16 Å². The first-order chi connectivity index (χ1) is 7.66. The van der Waals surface area contributed by atoms with Gasteiger partial charge < -0.3 is 15.6 Å². The number of hydrogen-bond acceptors (Lipinski definition) is 4. The van der Waals surface area contributed by atoms with Crippen molar-refractivity contribution in [3.05, 3.63) is 41.3 Å². The molecule has 0 aliphatic rings. The largest absolute Gasteiger partial charge is 0.398 e. The zero-order chi connectivity index (χ0) is 11.5. The Morgan fingerprint density at radius 3 is 2.88 bits per heavy atom. The number of anilines is 2. The van der Waals surface area contributed by atoms with Crippen molar-refractivity contribution < 1.29 is 4.52 Å². The van der Waals surface area contributed by atoms with Crippen molar-refractivity contribution in [3.63, 3.8) is 0 Å². The fourth-order valence-electron chi connectivity index (χ4n) is 1.53. The molecule has 0 amide bonds. The number of nitrogens with zero attached hydrogens (tertiary/aromatic N) is 1. The second kappa shape index (κ2) is 4.26. The summed E-state index contributed by atoms with van der Waals surface area (Å²) >= 11 is 0. The summed E-state index contributed by atoms with van der Waals surface area (Å²) in [5, 5.41) is 7.20. The third-order valence-corrected chi connectivity index (χ3v) is 2.51. The molecule has 84 valence electrons. The van der Waals surface area contributed by atoms with Gasteiger partial charge in [-0.1, -0.05) is 11.2 Å². The Balaban J connectivity index is 2.07. The van der Waals surface area contributed by atoms with E-state index in [1.54, 1.807) is 0 Å². The van der Waals surface area contributed by atoms with Crippen molar-refractivity contribution in [2.24, 2.45) is 0 Å². The van der Waals surface area contributed by atoms with Gasteiger partial charge in [-0.25, -0.2) is 0 Å². The van der Waals surface area contributed by atoms with E-state index in [-0.39, 0.29) is 0 Å². The van der Waals surface area contributed by atoms with Gasteiger partial charge in [0.2, 0.25) is 0 Å². The minimum atomic E-state index is 0.641. The second-order valence-corrected chi connectivity index (χ2v) is 3.80. The molecule has 16 heavy (non-hydrogen) atoms. The lowest BCUT2D eigenvalue weighted by atomic mass is 10.1. The third-order valence-electron chi connectivity index (χ3n) is 2.51. The molecule has 3 N–H and O–H groups in total. The number of nitrogen functional groups attached to an aromatic ring is 1. The Morgan fingerprint density at radius 2 is 2.19 bits per heavy atom. The van der Waals surface area contributed by atoms with Gasteiger partial charge in [-0.15, -0.1) is 0 Å². The molecule has 4 nitrogen and oxygen atoms in total. The van der Waals surface area contributed by atoms with E-state index in [1.807, 2.05) is 38.1 Å². The van der Waals surface area contributed by atoms with Crippen LogP contribution < -0.4 is 11.1 Å². The highest BCUT2D eigenvalue weighted by molar-refractivity contribution is 5.62. The minimum absolute atomic E-state index is 0.641. The lowest BCUT2D eigenvalue weighted by Gasteiger charge is -2.09. The second-order valence-electron chi connectivity index (χ2n) is 3.80. The maximum absolute atomic E-state index is 5.82. The molecular weight excluding hydrogens is 202 g/mol. The highest BCUT2D eigenvalue weighted by Crippen LogP contribution is 2.20. The molecule has 0 unspecified atom stereocenters. The first-order valence-electron chi connectivity index (χ1n) is 5.18. The minimum Gasteiger partial charge on any atom is -0.398 e. The van der Waals surface area contributed by atoms with E-state index in [1.165, 1.54) is 0 Å². The number of benzene rings is 1. The Kier molecular flexibility index (Phi) is 2.81. The molecule has 0 saturated carbocycles. The van der Waals surface area contributed by atoms with E-state index in [4.69, 9.17) is 10.3 Å². The molecule has 0 radical (unpaired) electrons. The normalized spacial score (nSPS) is 10.4. The third kappa shape index (κ3) is 2.16. The Bertz CT molecular complexity index is 491. The molecule has 0 bridgehead atoms. The summed E-state index contributed by atoms with van der Waals surface area (Å²) in [6.45, 7) is 4.51. The van der Waals surface area contributed by atoms with E-state index in [9.17, 15) is 0 Å². The van der Waals surface area contributed by atoms with Crippen LogP contribution in [-0.2, 0) is 6.54 Å². The van der Waals surface area contributed by atoms with Crippen molar-refractivity contribution in [1.82, 2.24) is 5.16 Å². The maximum atomic E-state index is 5.82. The molecule has 0 spiro atoms. The van der Waals surface area contributed by atoms with Crippen LogP contribution in [0.15, 0.2) is 28.8 Å². The summed E-state index contributed by atoms with van der Waals surface area (Å²) in [4.78, 5) is 0. The predicted octanol–water partition coefficient (Wildman–Crippen LogP) is 2.49. The van der Waals surface area contributed by atoms with E-state index >= 15 is 0 Å². The average molecular weight is 217 g/mol. The molecule has 1 heterocycles. The van der Waals surface area contributed by atoms with Gasteiger partial charge in [0.15, 0.2) is 0 Å². The highest BCUT2D eigenvalue weighted by Gasteiger charge is 2.03. The Morgan fingerprint density at radius 1 is 1.38 bits per heavy atom. The van der Waals surface area contributed by atoms with Crippen molar-refractivity contribution in [3.8, 4) is 0 Å². The summed E-state index contributed by atoms with van der Waals surface area (Å²) in [5.41, 5.74) is 9.59. The monoisotopic (exact) mass is 217 g/mol. The van der Waals surface area contributed by atoms with Gasteiger partial charge in [-0.2, -0.15) is 0 Å². The molecule has 0 aliphatic carbocycles.